The minimum absolute atomic E-state index is 0.0282. The fraction of sp³-hybridized carbons (Fsp3) is 0.440. The van der Waals surface area contributed by atoms with E-state index in [0.717, 1.165) is 42.9 Å². The van der Waals surface area contributed by atoms with Crippen LogP contribution in [0, 0.1) is 11.7 Å². The number of benzene rings is 2. The molecule has 2 aromatic carbocycles. The third-order valence-electron chi connectivity index (χ3n) is 6.33. The maximum Gasteiger partial charge on any atom is 0.262 e. The second kappa shape index (κ2) is 9.09. The lowest BCUT2D eigenvalue weighted by Gasteiger charge is -2.35. The highest BCUT2D eigenvalue weighted by Gasteiger charge is 2.24. The van der Waals surface area contributed by atoms with Crippen molar-refractivity contribution in [2.24, 2.45) is 5.92 Å². The van der Waals surface area contributed by atoms with E-state index in [4.69, 9.17) is 16.6 Å². The molecule has 1 saturated heterocycles. The molecule has 164 valence electrons. The molecule has 6 heteroatoms. The summed E-state index contributed by atoms with van der Waals surface area (Å²) < 4.78 is 15.6. The van der Waals surface area contributed by atoms with E-state index in [1.807, 2.05) is 29.7 Å². The van der Waals surface area contributed by atoms with Crippen molar-refractivity contribution in [3.63, 3.8) is 0 Å². The summed E-state index contributed by atoms with van der Waals surface area (Å²) in [6, 6.07) is 10.7. The van der Waals surface area contributed by atoms with Gasteiger partial charge in [0.1, 0.15) is 11.6 Å². The van der Waals surface area contributed by atoms with Crippen molar-refractivity contribution in [3.8, 4) is 11.1 Å². The summed E-state index contributed by atoms with van der Waals surface area (Å²) in [5.41, 5.74) is 2.10. The molecule has 1 aliphatic rings. The Kier molecular flexibility index (Phi) is 6.44. The van der Waals surface area contributed by atoms with Crippen LogP contribution in [-0.2, 0) is 13.0 Å². The Morgan fingerprint density at radius 2 is 2.06 bits per heavy atom. The van der Waals surface area contributed by atoms with Gasteiger partial charge in [-0.1, -0.05) is 36.7 Å². The molecule has 4 nitrogen and oxygen atoms in total. The molecule has 0 unspecified atom stereocenters. The van der Waals surface area contributed by atoms with Crippen LogP contribution in [0.2, 0.25) is 5.02 Å². The van der Waals surface area contributed by atoms with Gasteiger partial charge in [-0.15, -0.1) is 0 Å². The molecule has 3 aromatic rings. The Morgan fingerprint density at radius 1 is 1.26 bits per heavy atom. The molecule has 1 aliphatic heterocycles. The molecule has 2 heterocycles. The van der Waals surface area contributed by atoms with Crippen molar-refractivity contribution in [1.82, 2.24) is 14.5 Å². The number of likely N-dealkylation sites (tertiary alicyclic amines) is 1. The largest absolute Gasteiger partial charge is 0.301 e. The second-order valence-corrected chi connectivity index (χ2v) is 9.13. The quantitative estimate of drug-likeness (QED) is 0.521. The molecule has 0 aliphatic carbocycles. The minimum Gasteiger partial charge on any atom is -0.301 e. The topological polar surface area (TPSA) is 38.1 Å². The number of rotatable bonds is 5. The van der Waals surface area contributed by atoms with Crippen molar-refractivity contribution in [1.29, 1.82) is 0 Å². The number of piperidine rings is 1. The van der Waals surface area contributed by atoms with E-state index in [2.05, 4.69) is 18.7 Å². The van der Waals surface area contributed by atoms with Crippen molar-refractivity contribution in [2.75, 3.05) is 13.1 Å². The first-order chi connectivity index (χ1) is 14.9. The monoisotopic (exact) mass is 441 g/mol. The fourth-order valence-corrected chi connectivity index (χ4v) is 4.83. The highest BCUT2D eigenvalue weighted by Crippen LogP contribution is 2.29. The van der Waals surface area contributed by atoms with E-state index in [1.54, 1.807) is 12.1 Å². The third kappa shape index (κ3) is 4.39. The van der Waals surface area contributed by atoms with Gasteiger partial charge >= 0.3 is 0 Å². The molecule has 31 heavy (non-hydrogen) atoms. The summed E-state index contributed by atoms with van der Waals surface area (Å²) in [6.45, 7) is 9.28. The van der Waals surface area contributed by atoms with Gasteiger partial charge in [-0.3, -0.25) is 9.36 Å². The Bertz CT molecular complexity index is 1160. The number of aromatic nitrogens is 2. The maximum atomic E-state index is 13.7. The predicted octanol–water partition coefficient (Wildman–Crippen LogP) is 5.54. The number of nitrogens with zero attached hydrogens (tertiary/aromatic N) is 3. The van der Waals surface area contributed by atoms with Crippen LogP contribution in [-0.4, -0.2) is 33.6 Å². The Labute approximate surface area is 187 Å². The van der Waals surface area contributed by atoms with Gasteiger partial charge in [-0.05, 0) is 68.5 Å². The summed E-state index contributed by atoms with van der Waals surface area (Å²) >= 11 is 6.02. The molecule has 0 radical (unpaired) electrons. The summed E-state index contributed by atoms with van der Waals surface area (Å²) in [5.74, 6) is 0.765. The standard InChI is InChI=1S/C25H29ClFN3O/c1-4-23-28-22-9-5-8-19(18-10-11-21(27)20(26)13-18)24(22)25(31)30(23)15-17-7-6-12-29(14-17)16(2)3/h5,8-11,13,16-17H,4,6-7,12,14-15H2,1-3H3/t17-/m0/s1. The minimum atomic E-state index is -0.471. The summed E-state index contributed by atoms with van der Waals surface area (Å²) in [6.07, 6.45) is 2.96. The lowest BCUT2D eigenvalue weighted by atomic mass is 9.96. The summed E-state index contributed by atoms with van der Waals surface area (Å²) in [5, 5.41) is 0.614. The van der Waals surface area contributed by atoms with E-state index < -0.39 is 5.82 Å². The van der Waals surface area contributed by atoms with E-state index in [1.165, 1.54) is 6.07 Å². The SMILES string of the molecule is CCc1nc2cccc(-c3ccc(F)c(Cl)c3)c2c(=O)n1C[C@H]1CCCN(C(C)C)C1. The van der Waals surface area contributed by atoms with Gasteiger partial charge in [0.2, 0.25) is 0 Å². The first kappa shape index (κ1) is 22.0. The van der Waals surface area contributed by atoms with Gasteiger partial charge in [-0.2, -0.15) is 0 Å². The Hall–Kier alpha value is -2.24. The zero-order chi connectivity index (χ0) is 22.1. The molecule has 1 aromatic heterocycles. The second-order valence-electron chi connectivity index (χ2n) is 8.72. The normalized spacial score (nSPS) is 17.5. The number of halogens is 2. The first-order valence-electron chi connectivity index (χ1n) is 11.1. The van der Waals surface area contributed by atoms with Crippen LogP contribution in [0.3, 0.4) is 0 Å². The van der Waals surface area contributed by atoms with E-state index in [-0.39, 0.29) is 10.6 Å². The highest BCUT2D eigenvalue weighted by atomic mass is 35.5. The zero-order valence-corrected chi connectivity index (χ0v) is 19.1. The van der Waals surface area contributed by atoms with Crippen LogP contribution in [0.4, 0.5) is 4.39 Å². The summed E-state index contributed by atoms with van der Waals surface area (Å²) in [7, 11) is 0. The van der Waals surface area contributed by atoms with Crippen LogP contribution in [0.15, 0.2) is 41.2 Å². The smallest absolute Gasteiger partial charge is 0.262 e. The average molecular weight is 442 g/mol. The van der Waals surface area contributed by atoms with Gasteiger partial charge in [0.05, 0.1) is 15.9 Å². The number of fused-ring (bicyclic) bond motifs is 1. The predicted molar refractivity (Wildman–Crippen MR) is 125 cm³/mol. The summed E-state index contributed by atoms with van der Waals surface area (Å²) in [4.78, 5) is 21.1. The van der Waals surface area contributed by atoms with Crippen molar-refractivity contribution in [3.05, 3.63) is 63.4 Å². The molecule has 0 N–H and O–H groups in total. The molecule has 1 fully saturated rings. The van der Waals surface area contributed by atoms with Gasteiger partial charge in [0, 0.05) is 25.6 Å². The van der Waals surface area contributed by atoms with E-state index in [0.29, 0.717) is 35.8 Å². The molecule has 0 amide bonds. The lowest BCUT2D eigenvalue weighted by molar-refractivity contribution is 0.129. The Morgan fingerprint density at radius 3 is 2.77 bits per heavy atom. The van der Waals surface area contributed by atoms with Crippen LogP contribution in [0.5, 0.6) is 0 Å². The highest BCUT2D eigenvalue weighted by molar-refractivity contribution is 6.31. The number of hydrogen-bond acceptors (Lipinski definition) is 3. The fourth-order valence-electron chi connectivity index (χ4n) is 4.65. The lowest BCUT2D eigenvalue weighted by Crippen LogP contribution is -2.42. The van der Waals surface area contributed by atoms with Crippen molar-refractivity contribution < 1.29 is 4.39 Å². The van der Waals surface area contributed by atoms with Gasteiger partial charge < -0.3 is 4.90 Å². The Balaban J connectivity index is 1.81. The van der Waals surface area contributed by atoms with Crippen molar-refractivity contribution in [2.45, 2.75) is 52.6 Å². The van der Waals surface area contributed by atoms with E-state index in [9.17, 15) is 9.18 Å². The van der Waals surface area contributed by atoms with Gasteiger partial charge in [-0.25, -0.2) is 9.37 Å². The first-order valence-corrected chi connectivity index (χ1v) is 11.5. The van der Waals surface area contributed by atoms with E-state index >= 15 is 0 Å². The zero-order valence-electron chi connectivity index (χ0n) is 18.4. The van der Waals surface area contributed by atoms with Gasteiger partial charge in [0.15, 0.2) is 0 Å². The molecule has 1 atom stereocenters. The number of aryl methyl sites for hydroxylation is 1. The van der Waals surface area contributed by atoms with Crippen LogP contribution in [0.1, 0.15) is 39.4 Å². The molecule has 0 saturated carbocycles. The third-order valence-corrected chi connectivity index (χ3v) is 6.62. The molecule has 0 spiro atoms. The van der Waals surface area contributed by atoms with Crippen LogP contribution < -0.4 is 5.56 Å². The van der Waals surface area contributed by atoms with Crippen LogP contribution in [0.25, 0.3) is 22.0 Å². The van der Waals surface area contributed by atoms with Crippen LogP contribution >= 0.6 is 11.6 Å². The average Bonchev–Trinajstić information content (AvgIpc) is 2.77. The maximum absolute atomic E-state index is 13.7. The molecule has 4 rings (SSSR count). The molecule has 0 bridgehead atoms. The molecular weight excluding hydrogens is 413 g/mol. The molecular formula is C25H29ClFN3O. The number of hydrogen-bond donors (Lipinski definition) is 0. The van der Waals surface area contributed by atoms with Gasteiger partial charge in [0.25, 0.3) is 5.56 Å². The van der Waals surface area contributed by atoms with Crippen molar-refractivity contribution >= 4 is 22.5 Å².